The SMILES string of the molecule is Cc1nc2ccc(CC(=O)N3CCCC(=O)N[C@H](C)C(=O)N[C@@H](C(C)C)c4nc(-c5ccccc5)nn4CC3)cc2[nH]1. The Labute approximate surface area is 245 Å². The maximum Gasteiger partial charge on any atom is 0.242 e. The van der Waals surface area contributed by atoms with Gasteiger partial charge in [-0.1, -0.05) is 50.2 Å². The molecule has 0 saturated carbocycles. The molecule has 2 aromatic heterocycles. The Morgan fingerprint density at radius 1 is 1.02 bits per heavy atom. The molecule has 3 N–H and O–H groups in total. The number of nitrogens with zero attached hydrogens (tertiary/aromatic N) is 5. The lowest BCUT2D eigenvalue weighted by Crippen LogP contribution is -2.47. The Bertz CT molecular complexity index is 1580. The molecule has 0 aliphatic carbocycles. The van der Waals surface area contributed by atoms with Gasteiger partial charge in [0.1, 0.15) is 11.9 Å². The number of hydrogen-bond donors (Lipinski definition) is 3. The first kappa shape index (κ1) is 29.0. The van der Waals surface area contributed by atoms with Crippen molar-refractivity contribution in [2.45, 2.75) is 65.6 Å². The third-order valence-electron chi connectivity index (χ3n) is 7.53. The van der Waals surface area contributed by atoms with Crippen molar-refractivity contribution >= 4 is 28.8 Å². The number of benzene rings is 2. The lowest BCUT2D eigenvalue weighted by Gasteiger charge is -2.27. The fraction of sp³-hybridized carbons (Fsp3) is 0.419. The molecule has 0 fully saturated rings. The summed E-state index contributed by atoms with van der Waals surface area (Å²) in [7, 11) is 0. The first-order chi connectivity index (χ1) is 20.2. The summed E-state index contributed by atoms with van der Waals surface area (Å²) in [5.74, 6) is 1.44. The van der Waals surface area contributed by atoms with E-state index in [1.807, 2.05) is 74.0 Å². The van der Waals surface area contributed by atoms with Crippen molar-refractivity contribution < 1.29 is 14.4 Å². The predicted octanol–water partition coefficient (Wildman–Crippen LogP) is 3.31. The monoisotopic (exact) mass is 570 g/mol. The number of H-pyrrole nitrogens is 1. The molecule has 42 heavy (non-hydrogen) atoms. The molecule has 0 bridgehead atoms. The summed E-state index contributed by atoms with van der Waals surface area (Å²) in [6, 6.07) is 14.3. The van der Waals surface area contributed by atoms with E-state index in [4.69, 9.17) is 10.1 Å². The first-order valence-electron chi connectivity index (χ1n) is 14.5. The van der Waals surface area contributed by atoms with Gasteiger partial charge in [0.15, 0.2) is 11.6 Å². The summed E-state index contributed by atoms with van der Waals surface area (Å²) in [4.78, 5) is 53.7. The minimum absolute atomic E-state index is 0.00454. The molecule has 1 aliphatic rings. The highest BCUT2D eigenvalue weighted by atomic mass is 16.2. The highest BCUT2D eigenvalue weighted by Gasteiger charge is 2.29. The molecule has 0 spiro atoms. The number of fused-ring (bicyclic) bond motifs is 2. The largest absolute Gasteiger partial charge is 0.345 e. The van der Waals surface area contributed by atoms with Crippen molar-refractivity contribution in [1.82, 2.24) is 40.3 Å². The van der Waals surface area contributed by atoms with E-state index in [1.165, 1.54) is 0 Å². The lowest BCUT2D eigenvalue weighted by atomic mass is 10.0. The van der Waals surface area contributed by atoms with Crippen molar-refractivity contribution in [3.05, 3.63) is 65.7 Å². The van der Waals surface area contributed by atoms with Crippen LogP contribution in [0, 0.1) is 12.8 Å². The fourth-order valence-corrected chi connectivity index (χ4v) is 5.23. The summed E-state index contributed by atoms with van der Waals surface area (Å²) in [6.45, 7) is 8.76. The second-order valence-corrected chi connectivity index (χ2v) is 11.2. The Kier molecular flexibility index (Phi) is 8.65. The van der Waals surface area contributed by atoms with Gasteiger partial charge in [-0.15, -0.1) is 0 Å². The summed E-state index contributed by atoms with van der Waals surface area (Å²) in [5.41, 5.74) is 3.51. The van der Waals surface area contributed by atoms with Crippen molar-refractivity contribution in [3.63, 3.8) is 0 Å². The highest BCUT2D eigenvalue weighted by molar-refractivity contribution is 5.87. The molecule has 0 saturated heterocycles. The third kappa shape index (κ3) is 6.67. The van der Waals surface area contributed by atoms with Gasteiger partial charge in [-0.2, -0.15) is 5.10 Å². The van der Waals surface area contributed by atoms with Crippen LogP contribution in [0.15, 0.2) is 48.5 Å². The number of rotatable bonds is 4. The van der Waals surface area contributed by atoms with Crippen LogP contribution in [-0.2, 0) is 27.3 Å². The van der Waals surface area contributed by atoms with Crippen LogP contribution in [0.5, 0.6) is 0 Å². The van der Waals surface area contributed by atoms with Crippen LogP contribution in [0.3, 0.4) is 0 Å². The topological polar surface area (TPSA) is 138 Å². The average Bonchev–Trinajstić information content (AvgIpc) is 3.55. The Balaban J connectivity index is 1.45. The Hall–Kier alpha value is -4.54. The number of hydrogen-bond acceptors (Lipinski definition) is 6. The Morgan fingerprint density at radius 2 is 1.81 bits per heavy atom. The molecule has 1 aliphatic heterocycles. The number of aromatic nitrogens is 5. The van der Waals surface area contributed by atoms with E-state index in [-0.39, 0.29) is 36.5 Å². The van der Waals surface area contributed by atoms with Crippen molar-refractivity contribution in [3.8, 4) is 11.4 Å². The number of imidazole rings is 1. The first-order valence-corrected chi connectivity index (χ1v) is 14.5. The molecule has 4 aromatic rings. The molecule has 11 heteroatoms. The smallest absolute Gasteiger partial charge is 0.242 e. The number of amides is 3. The van der Waals surface area contributed by atoms with Gasteiger partial charge in [-0.05, 0) is 43.9 Å². The van der Waals surface area contributed by atoms with Gasteiger partial charge < -0.3 is 20.5 Å². The molecule has 0 radical (unpaired) electrons. The van der Waals surface area contributed by atoms with Crippen LogP contribution in [0.2, 0.25) is 0 Å². The van der Waals surface area contributed by atoms with Gasteiger partial charge >= 0.3 is 0 Å². The molecule has 5 rings (SSSR count). The molecule has 220 valence electrons. The molecular formula is C31H38N8O3. The minimum atomic E-state index is -0.717. The van der Waals surface area contributed by atoms with Gasteiger partial charge in [-0.3, -0.25) is 14.4 Å². The maximum absolute atomic E-state index is 13.6. The van der Waals surface area contributed by atoms with Gasteiger partial charge in [0.2, 0.25) is 17.7 Å². The second-order valence-electron chi connectivity index (χ2n) is 11.2. The molecule has 2 aromatic carbocycles. The lowest BCUT2D eigenvalue weighted by molar-refractivity contribution is -0.131. The zero-order chi connectivity index (χ0) is 29.8. The van der Waals surface area contributed by atoms with E-state index in [9.17, 15) is 14.4 Å². The summed E-state index contributed by atoms with van der Waals surface area (Å²) >= 11 is 0. The molecular weight excluding hydrogens is 532 g/mol. The van der Waals surface area contributed by atoms with Crippen molar-refractivity contribution in [2.24, 2.45) is 5.92 Å². The van der Waals surface area contributed by atoms with Gasteiger partial charge in [-0.25, -0.2) is 14.6 Å². The van der Waals surface area contributed by atoms with E-state index in [2.05, 4.69) is 20.6 Å². The van der Waals surface area contributed by atoms with Crippen LogP contribution in [0.1, 0.15) is 56.9 Å². The minimum Gasteiger partial charge on any atom is -0.345 e. The van der Waals surface area contributed by atoms with Crippen LogP contribution in [0.25, 0.3) is 22.4 Å². The summed E-state index contributed by atoms with van der Waals surface area (Å²) < 4.78 is 1.81. The Morgan fingerprint density at radius 3 is 2.57 bits per heavy atom. The normalized spacial score (nSPS) is 18.8. The quantitative estimate of drug-likeness (QED) is 0.344. The number of aryl methyl sites for hydroxylation is 1. The number of aromatic amines is 1. The van der Waals surface area contributed by atoms with Crippen molar-refractivity contribution in [2.75, 3.05) is 13.1 Å². The highest BCUT2D eigenvalue weighted by Crippen LogP contribution is 2.24. The summed E-state index contributed by atoms with van der Waals surface area (Å²) in [5, 5.41) is 10.7. The van der Waals surface area contributed by atoms with E-state index in [1.54, 1.807) is 11.8 Å². The molecule has 11 nitrogen and oxygen atoms in total. The number of carbonyl (C=O) groups is 3. The number of nitrogens with one attached hydrogen (secondary N) is 3. The zero-order valence-electron chi connectivity index (χ0n) is 24.6. The van der Waals surface area contributed by atoms with Crippen LogP contribution < -0.4 is 10.6 Å². The van der Waals surface area contributed by atoms with E-state index >= 15 is 0 Å². The van der Waals surface area contributed by atoms with E-state index in [0.717, 1.165) is 28.0 Å². The fourth-order valence-electron chi connectivity index (χ4n) is 5.23. The average molecular weight is 571 g/mol. The summed E-state index contributed by atoms with van der Waals surface area (Å²) in [6.07, 6.45) is 0.904. The standard InChI is InChI=1S/C31H38N8O3/c1-19(2)28-30-36-29(23-9-6-5-7-10-23)37-39(30)16-15-38(14-8-11-26(40)32-20(3)31(42)35-28)27(41)18-22-12-13-24-25(17-22)34-21(4)33-24/h5-7,9-10,12-13,17,19-20,28H,8,11,14-16,18H2,1-4H3,(H,32,40)(H,33,34)(H,35,42)/t20-,28+/m1/s1. The molecule has 3 amide bonds. The van der Waals surface area contributed by atoms with Crippen LogP contribution >= 0.6 is 0 Å². The number of carbonyl (C=O) groups excluding carboxylic acids is 3. The molecule has 3 heterocycles. The van der Waals surface area contributed by atoms with E-state index < -0.39 is 12.1 Å². The predicted molar refractivity (Wildman–Crippen MR) is 159 cm³/mol. The van der Waals surface area contributed by atoms with Gasteiger partial charge in [0.05, 0.1) is 30.0 Å². The molecule has 2 atom stereocenters. The third-order valence-corrected chi connectivity index (χ3v) is 7.53. The van der Waals surface area contributed by atoms with Gasteiger partial charge in [0.25, 0.3) is 0 Å². The molecule has 0 unspecified atom stereocenters. The maximum atomic E-state index is 13.6. The second kappa shape index (κ2) is 12.5. The van der Waals surface area contributed by atoms with E-state index in [0.29, 0.717) is 37.7 Å². The van der Waals surface area contributed by atoms with Gasteiger partial charge in [0, 0.05) is 25.1 Å². The zero-order valence-corrected chi connectivity index (χ0v) is 24.6. The van der Waals surface area contributed by atoms with Crippen LogP contribution in [0.4, 0.5) is 0 Å². The van der Waals surface area contributed by atoms with Crippen LogP contribution in [-0.4, -0.2) is 66.5 Å². The van der Waals surface area contributed by atoms with Crippen molar-refractivity contribution in [1.29, 1.82) is 0 Å².